The van der Waals surface area contributed by atoms with E-state index in [-0.39, 0.29) is 11.7 Å². The number of benzene rings is 2. The SMILES string of the molecule is COc1ccc(OC)c(NC(=O)C2=C(C)Nc3ncnn3C2c2cccc(O)c2)c1. The maximum atomic E-state index is 13.4. The van der Waals surface area contributed by atoms with Gasteiger partial charge in [0, 0.05) is 11.8 Å². The summed E-state index contributed by atoms with van der Waals surface area (Å²) in [7, 11) is 3.08. The van der Waals surface area contributed by atoms with Crippen molar-refractivity contribution >= 4 is 17.5 Å². The molecule has 9 heteroatoms. The van der Waals surface area contributed by atoms with Crippen molar-refractivity contribution < 1.29 is 19.4 Å². The number of allylic oxidation sites excluding steroid dienone is 1. The number of aromatic hydroxyl groups is 1. The molecule has 1 amide bonds. The number of nitrogens with zero attached hydrogens (tertiary/aromatic N) is 3. The van der Waals surface area contributed by atoms with Gasteiger partial charge in [-0.1, -0.05) is 12.1 Å². The van der Waals surface area contributed by atoms with Crippen LogP contribution in [0.3, 0.4) is 0 Å². The van der Waals surface area contributed by atoms with Crippen LogP contribution in [-0.2, 0) is 4.79 Å². The summed E-state index contributed by atoms with van der Waals surface area (Å²) in [5, 5.41) is 20.3. The molecule has 0 radical (unpaired) electrons. The summed E-state index contributed by atoms with van der Waals surface area (Å²) in [4.78, 5) is 17.6. The molecule has 0 aliphatic carbocycles. The number of nitrogens with one attached hydrogen (secondary N) is 2. The van der Waals surface area contributed by atoms with E-state index in [1.807, 2.05) is 6.07 Å². The minimum atomic E-state index is -0.576. The lowest BCUT2D eigenvalue weighted by Crippen LogP contribution is -2.31. The highest BCUT2D eigenvalue weighted by molar-refractivity contribution is 6.06. The topological polar surface area (TPSA) is 111 Å². The van der Waals surface area contributed by atoms with Crippen molar-refractivity contribution in [1.29, 1.82) is 0 Å². The lowest BCUT2D eigenvalue weighted by atomic mass is 9.95. The Balaban J connectivity index is 1.77. The first-order chi connectivity index (χ1) is 14.5. The molecule has 1 atom stereocenters. The van der Waals surface area contributed by atoms with Crippen molar-refractivity contribution in [3.05, 3.63) is 65.6 Å². The van der Waals surface area contributed by atoms with Crippen LogP contribution in [0.15, 0.2) is 60.1 Å². The molecule has 3 aromatic rings. The molecule has 30 heavy (non-hydrogen) atoms. The Labute approximate surface area is 173 Å². The first kappa shape index (κ1) is 19.3. The second kappa shape index (κ2) is 7.78. The molecule has 0 fully saturated rings. The van der Waals surface area contributed by atoms with Crippen LogP contribution in [0, 0.1) is 0 Å². The summed E-state index contributed by atoms with van der Waals surface area (Å²) < 4.78 is 12.2. The van der Waals surface area contributed by atoms with Crippen LogP contribution in [-0.4, -0.2) is 40.0 Å². The van der Waals surface area contributed by atoms with E-state index < -0.39 is 6.04 Å². The number of carbonyl (C=O) groups is 1. The minimum Gasteiger partial charge on any atom is -0.508 e. The number of hydrogen-bond donors (Lipinski definition) is 3. The number of amides is 1. The fourth-order valence-electron chi connectivity index (χ4n) is 3.49. The van der Waals surface area contributed by atoms with E-state index >= 15 is 0 Å². The Kier molecular flexibility index (Phi) is 5.01. The first-order valence-electron chi connectivity index (χ1n) is 9.21. The Morgan fingerprint density at radius 3 is 2.77 bits per heavy atom. The van der Waals surface area contributed by atoms with Gasteiger partial charge < -0.3 is 25.2 Å². The number of fused-ring (bicyclic) bond motifs is 1. The van der Waals surface area contributed by atoms with Gasteiger partial charge in [0.2, 0.25) is 5.95 Å². The summed E-state index contributed by atoms with van der Waals surface area (Å²) in [6, 6.07) is 11.3. The fraction of sp³-hybridized carbons (Fsp3) is 0.190. The normalized spacial score (nSPS) is 15.2. The molecule has 9 nitrogen and oxygen atoms in total. The second-order valence-corrected chi connectivity index (χ2v) is 6.71. The second-order valence-electron chi connectivity index (χ2n) is 6.71. The van der Waals surface area contributed by atoms with Gasteiger partial charge in [0.25, 0.3) is 5.91 Å². The van der Waals surface area contributed by atoms with Crippen LogP contribution >= 0.6 is 0 Å². The zero-order valence-electron chi connectivity index (χ0n) is 16.7. The summed E-state index contributed by atoms with van der Waals surface area (Å²) >= 11 is 0. The number of phenols is 1. The minimum absolute atomic E-state index is 0.0968. The Hall–Kier alpha value is -4.01. The number of carbonyl (C=O) groups excluding carboxylic acids is 1. The van der Waals surface area contributed by atoms with Crippen molar-refractivity contribution in [2.24, 2.45) is 0 Å². The van der Waals surface area contributed by atoms with Crippen LogP contribution in [0.2, 0.25) is 0 Å². The third-order valence-corrected chi connectivity index (χ3v) is 4.88. The smallest absolute Gasteiger partial charge is 0.255 e. The molecule has 4 rings (SSSR count). The van der Waals surface area contributed by atoms with Crippen molar-refractivity contribution in [3.8, 4) is 17.2 Å². The van der Waals surface area contributed by atoms with Crippen molar-refractivity contribution in [2.75, 3.05) is 24.9 Å². The van der Waals surface area contributed by atoms with Gasteiger partial charge in [-0.05, 0) is 36.8 Å². The van der Waals surface area contributed by atoms with Gasteiger partial charge in [0.05, 0.1) is 25.5 Å². The molecule has 1 aliphatic rings. The van der Waals surface area contributed by atoms with Gasteiger partial charge >= 0.3 is 0 Å². The molecule has 0 spiro atoms. The average Bonchev–Trinajstić information content (AvgIpc) is 3.20. The van der Waals surface area contributed by atoms with E-state index in [1.54, 1.807) is 55.1 Å². The Morgan fingerprint density at radius 2 is 2.03 bits per heavy atom. The van der Waals surface area contributed by atoms with Gasteiger partial charge in [0.1, 0.15) is 29.6 Å². The summed E-state index contributed by atoms with van der Waals surface area (Å²) in [6.45, 7) is 1.80. The molecule has 0 bridgehead atoms. The molecule has 2 aromatic carbocycles. The van der Waals surface area contributed by atoms with Crippen molar-refractivity contribution in [2.45, 2.75) is 13.0 Å². The largest absolute Gasteiger partial charge is 0.508 e. The Morgan fingerprint density at radius 1 is 1.20 bits per heavy atom. The lowest BCUT2D eigenvalue weighted by Gasteiger charge is -2.29. The highest BCUT2D eigenvalue weighted by Crippen LogP contribution is 2.37. The van der Waals surface area contributed by atoms with E-state index in [4.69, 9.17) is 9.47 Å². The number of ether oxygens (including phenoxy) is 2. The molecular weight excluding hydrogens is 386 g/mol. The zero-order valence-corrected chi connectivity index (χ0v) is 16.7. The number of aromatic nitrogens is 3. The third-order valence-electron chi connectivity index (χ3n) is 4.88. The predicted octanol–water partition coefficient (Wildman–Crippen LogP) is 2.93. The van der Waals surface area contributed by atoms with E-state index in [1.165, 1.54) is 13.4 Å². The summed E-state index contributed by atoms with van der Waals surface area (Å²) in [6.07, 6.45) is 1.41. The van der Waals surface area contributed by atoms with Gasteiger partial charge in [-0.3, -0.25) is 4.79 Å². The van der Waals surface area contributed by atoms with Crippen LogP contribution in [0.5, 0.6) is 17.2 Å². The van der Waals surface area contributed by atoms with E-state index in [9.17, 15) is 9.90 Å². The first-order valence-corrected chi connectivity index (χ1v) is 9.21. The standard InChI is InChI=1S/C21H21N5O4/c1-12-18(20(28)25-16-10-15(29-2)7-8-17(16)30-3)19(13-5-4-6-14(27)9-13)26-21(24-12)22-11-23-26/h4-11,19,27H,1-3H3,(H,25,28)(H,22,23,24). The molecule has 1 aliphatic heterocycles. The summed E-state index contributed by atoms with van der Waals surface area (Å²) in [5.74, 6) is 1.35. The number of anilines is 2. The number of methoxy groups -OCH3 is 2. The maximum Gasteiger partial charge on any atom is 0.255 e. The molecule has 1 unspecified atom stereocenters. The molecule has 0 saturated carbocycles. The fourth-order valence-corrected chi connectivity index (χ4v) is 3.49. The molecular formula is C21H21N5O4. The monoisotopic (exact) mass is 407 g/mol. The number of phenolic OH excluding ortho intramolecular Hbond substituents is 1. The molecule has 1 aromatic heterocycles. The highest BCUT2D eigenvalue weighted by atomic mass is 16.5. The van der Waals surface area contributed by atoms with Crippen LogP contribution in [0.1, 0.15) is 18.5 Å². The van der Waals surface area contributed by atoms with Gasteiger partial charge in [-0.25, -0.2) is 4.68 Å². The van der Waals surface area contributed by atoms with Gasteiger partial charge in [0.15, 0.2) is 0 Å². The average molecular weight is 407 g/mol. The highest BCUT2D eigenvalue weighted by Gasteiger charge is 2.33. The van der Waals surface area contributed by atoms with Crippen molar-refractivity contribution in [1.82, 2.24) is 14.8 Å². The Bertz CT molecular complexity index is 1140. The van der Waals surface area contributed by atoms with E-state index in [0.29, 0.717) is 40.0 Å². The zero-order chi connectivity index (χ0) is 21.3. The van der Waals surface area contributed by atoms with E-state index in [0.717, 1.165) is 0 Å². The quantitative estimate of drug-likeness (QED) is 0.596. The lowest BCUT2D eigenvalue weighted by molar-refractivity contribution is -0.113. The maximum absolute atomic E-state index is 13.4. The number of hydrogen-bond acceptors (Lipinski definition) is 7. The molecule has 0 saturated heterocycles. The van der Waals surface area contributed by atoms with Crippen LogP contribution in [0.25, 0.3) is 0 Å². The van der Waals surface area contributed by atoms with Gasteiger partial charge in [-0.15, -0.1) is 0 Å². The number of rotatable bonds is 5. The van der Waals surface area contributed by atoms with Crippen LogP contribution in [0.4, 0.5) is 11.6 Å². The predicted molar refractivity (Wildman–Crippen MR) is 111 cm³/mol. The molecule has 154 valence electrons. The van der Waals surface area contributed by atoms with Crippen molar-refractivity contribution in [3.63, 3.8) is 0 Å². The summed E-state index contributed by atoms with van der Waals surface area (Å²) in [5.41, 5.74) is 2.23. The van der Waals surface area contributed by atoms with Gasteiger partial charge in [-0.2, -0.15) is 10.1 Å². The van der Waals surface area contributed by atoms with Crippen LogP contribution < -0.4 is 20.1 Å². The third kappa shape index (κ3) is 3.41. The van der Waals surface area contributed by atoms with E-state index in [2.05, 4.69) is 20.7 Å². The molecule has 3 N–H and O–H groups in total. The molecule has 2 heterocycles.